The fourth-order valence-corrected chi connectivity index (χ4v) is 3.99. The van der Waals surface area contributed by atoms with Crippen molar-refractivity contribution < 1.29 is 23.8 Å². The third-order valence-corrected chi connectivity index (χ3v) is 5.12. The van der Waals surface area contributed by atoms with Crippen LogP contribution >= 0.6 is 35.6 Å². The molecule has 1 heterocycles. The van der Waals surface area contributed by atoms with Gasteiger partial charge in [0.05, 0.1) is 23.1 Å². The number of halogens is 1. The maximum atomic E-state index is 12.4. The van der Waals surface area contributed by atoms with Crippen molar-refractivity contribution in [2.45, 2.75) is 20.8 Å². The number of amides is 1. The molecule has 0 N–H and O–H groups in total. The lowest BCUT2D eigenvalue weighted by Crippen LogP contribution is -2.27. The van der Waals surface area contributed by atoms with Crippen LogP contribution in [0.15, 0.2) is 17.0 Å². The van der Waals surface area contributed by atoms with Crippen molar-refractivity contribution in [1.82, 2.24) is 4.90 Å². The monoisotopic (exact) mass is 429 g/mol. The molecule has 1 aliphatic heterocycles. The highest BCUT2D eigenvalue weighted by Gasteiger charge is 2.30. The van der Waals surface area contributed by atoms with Crippen molar-refractivity contribution in [3.05, 3.63) is 27.6 Å². The average Bonchev–Trinajstić information content (AvgIpc) is 2.87. The fourth-order valence-electron chi connectivity index (χ4n) is 2.33. The molecule has 0 bridgehead atoms. The topological polar surface area (TPSA) is 65.1 Å². The molecule has 0 radical (unpaired) electrons. The molecule has 0 unspecified atom stereocenters. The van der Waals surface area contributed by atoms with Crippen molar-refractivity contribution in [3.63, 3.8) is 0 Å². The van der Waals surface area contributed by atoms with Crippen LogP contribution in [0.1, 0.15) is 26.3 Å². The number of benzene rings is 1. The third-order valence-electron chi connectivity index (χ3n) is 3.46. The highest BCUT2D eigenvalue weighted by atomic mass is 35.5. The van der Waals surface area contributed by atoms with Gasteiger partial charge >= 0.3 is 5.97 Å². The summed E-state index contributed by atoms with van der Waals surface area (Å²) in [4.78, 5) is 25.9. The molecule has 1 saturated heterocycles. The second kappa shape index (κ2) is 9.96. The van der Waals surface area contributed by atoms with Crippen LogP contribution in [-0.2, 0) is 14.3 Å². The predicted octanol–water partition coefficient (Wildman–Crippen LogP) is 3.90. The number of thioether (sulfide) groups is 1. The van der Waals surface area contributed by atoms with Gasteiger partial charge in [0.15, 0.2) is 18.1 Å². The van der Waals surface area contributed by atoms with E-state index in [0.29, 0.717) is 33.7 Å². The second-order valence-corrected chi connectivity index (χ2v) is 7.37. The molecule has 9 heteroatoms. The zero-order chi connectivity index (χ0) is 20.0. The van der Waals surface area contributed by atoms with Crippen LogP contribution in [0.5, 0.6) is 11.5 Å². The van der Waals surface area contributed by atoms with Crippen molar-refractivity contribution in [3.8, 4) is 11.5 Å². The lowest BCUT2D eigenvalue weighted by molar-refractivity contribution is -0.145. The zero-order valence-corrected chi connectivity index (χ0v) is 17.6. The fraction of sp³-hybridized carbons (Fsp3) is 0.389. The van der Waals surface area contributed by atoms with Gasteiger partial charge in [-0.2, -0.15) is 0 Å². The summed E-state index contributed by atoms with van der Waals surface area (Å²) in [6, 6.07) is 3.34. The van der Waals surface area contributed by atoms with Gasteiger partial charge < -0.3 is 14.2 Å². The van der Waals surface area contributed by atoms with E-state index in [4.69, 9.17) is 38.0 Å². The number of hydrogen-bond donors (Lipinski definition) is 0. The molecule has 1 fully saturated rings. The number of esters is 1. The Labute approximate surface area is 172 Å². The molecular formula is C18H20ClNO5S2. The van der Waals surface area contributed by atoms with Gasteiger partial charge in [0.1, 0.15) is 4.32 Å². The Hall–Kier alpha value is -1.77. The van der Waals surface area contributed by atoms with E-state index in [1.807, 2.05) is 13.8 Å². The number of ether oxygens (including phenoxy) is 3. The van der Waals surface area contributed by atoms with Gasteiger partial charge in [-0.25, -0.2) is 4.79 Å². The summed E-state index contributed by atoms with van der Waals surface area (Å²) >= 11 is 12.8. The largest absolute Gasteiger partial charge is 0.490 e. The lowest BCUT2D eigenvalue weighted by atomic mass is 10.1. The summed E-state index contributed by atoms with van der Waals surface area (Å²) in [5, 5.41) is 0.266. The summed E-state index contributed by atoms with van der Waals surface area (Å²) in [6.07, 6.45) is 1.71. The minimum atomic E-state index is -0.497. The predicted molar refractivity (Wildman–Crippen MR) is 110 cm³/mol. The Morgan fingerprint density at radius 2 is 2.00 bits per heavy atom. The molecule has 2 rings (SSSR count). The number of nitrogens with zero attached hydrogens (tertiary/aromatic N) is 1. The highest BCUT2D eigenvalue weighted by molar-refractivity contribution is 8.26. The molecule has 0 spiro atoms. The molecule has 6 nitrogen and oxygen atoms in total. The molecule has 0 aliphatic carbocycles. The van der Waals surface area contributed by atoms with Gasteiger partial charge in [0.25, 0.3) is 5.91 Å². The van der Waals surface area contributed by atoms with E-state index in [-0.39, 0.29) is 29.9 Å². The van der Waals surface area contributed by atoms with E-state index in [0.717, 1.165) is 0 Å². The summed E-state index contributed by atoms with van der Waals surface area (Å²) in [7, 11) is 0. The normalized spacial score (nSPS) is 15.4. The summed E-state index contributed by atoms with van der Waals surface area (Å²) in [6.45, 7) is 6.30. The Bertz CT molecular complexity index is 781. The van der Waals surface area contributed by atoms with E-state index in [1.165, 1.54) is 16.7 Å². The Morgan fingerprint density at radius 1 is 1.26 bits per heavy atom. The van der Waals surface area contributed by atoms with Gasteiger partial charge in [-0.3, -0.25) is 9.69 Å². The number of likely N-dealkylation sites (N-methyl/N-ethyl adjacent to an activating group) is 1. The molecule has 1 aromatic rings. The quantitative estimate of drug-likeness (QED) is 0.352. The van der Waals surface area contributed by atoms with Crippen LogP contribution in [0.4, 0.5) is 0 Å². The number of carbonyl (C=O) groups excluding carboxylic acids is 2. The second-order valence-electron chi connectivity index (χ2n) is 5.28. The average molecular weight is 430 g/mol. The van der Waals surface area contributed by atoms with Crippen molar-refractivity contribution >= 4 is 57.9 Å². The molecule has 0 aromatic heterocycles. The number of thiocarbonyl (C=S) groups is 1. The maximum absolute atomic E-state index is 12.4. The summed E-state index contributed by atoms with van der Waals surface area (Å²) < 4.78 is 16.4. The molecule has 1 amide bonds. The van der Waals surface area contributed by atoms with Gasteiger partial charge in [-0.05, 0) is 44.5 Å². The van der Waals surface area contributed by atoms with E-state index in [1.54, 1.807) is 25.1 Å². The van der Waals surface area contributed by atoms with Gasteiger partial charge in [-0.1, -0.05) is 35.6 Å². The smallest absolute Gasteiger partial charge is 0.344 e. The lowest BCUT2D eigenvalue weighted by Gasteiger charge is -2.14. The zero-order valence-electron chi connectivity index (χ0n) is 15.2. The first-order valence-electron chi connectivity index (χ1n) is 8.41. The van der Waals surface area contributed by atoms with E-state index < -0.39 is 5.97 Å². The third kappa shape index (κ3) is 5.37. The van der Waals surface area contributed by atoms with Gasteiger partial charge in [0.2, 0.25) is 0 Å². The first kappa shape index (κ1) is 21.5. The number of hydrogen-bond acceptors (Lipinski definition) is 7. The van der Waals surface area contributed by atoms with Crippen LogP contribution in [0.2, 0.25) is 5.02 Å². The molecule has 146 valence electrons. The van der Waals surface area contributed by atoms with Crippen molar-refractivity contribution in [1.29, 1.82) is 0 Å². The first-order chi connectivity index (χ1) is 12.9. The molecule has 1 aliphatic rings. The summed E-state index contributed by atoms with van der Waals surface area (Å²) in [5.74, 6) is 0.00361. The van der Waals surface area contributed by atoms with Crippen LogP contribution in [0.3, 0.4) is 0 Å². The minimum Gasteiger partial charge on any atom is -0.490 e. The van der Waals surface area contributed by atoms with Gasteiger partial charge in [0, 0.05) is 6.54 Å². The van der Waals surface area contributed by atoms with Crippen LogP contribution in [-0.4, -0.2) is 47.5 Å². The molecular weight excluding hydrogens is 410 g/mol. The summed E-state index contributed by atoms with van der Waals surface area (Å²) in [5.41, 5.74) is 0.670. The Morgan fingerprint density at radius 3 is 2.59 bits per heavy atom. The van der Waals surface area contributed by atoms with Crippen molar-refractivity contribution in [2.75, 3.05) is 26.4 Å². The Balaban J connectivity index is 2.29. The molecule has 1 aromatic carbocycles. The number of rotatable bonds is 8. The number of carbonyl (C=O) groups is 2. The van der Waals surface area contributed by atoms with E-state index >= 15 is 0 Å². The van der Waals surface area contributed by atoms with E-state index in [9.17, 15) is 9.59 Å². The standard InChI is InChI=1S/C18H20ClNO5S2/c1-4-20-17(22)14(27-18(20)26)9-11-7-12(19)16(13(8-11)23-5-2)25-10-15(21)24-6-3/h7-9H,4-6,10H2,1-3H3/b14-9-. The maximum Gasteiger partial charge on any atom is 0.344 e. The molecule has 0 saturated carbocycles. The molecule has 27 heavy (non-hydrogen) atoms. The minimum absolute atomic E-state index is 0.135. The van der Waals surface area contributed by atoms with Crippen LogP contribution in [0, 0.1) is 0 Å². The van der Waals surface area contributed by atoms with E-state index in [2.05, 4.69) is 0 Å². The van der Waals surface area contributed by atoms with Crippen LogP contribution in [0.25, 0.3) is 6.08 Å². The van der Waals surface area contributed by atoms with Gasteiger partial charge in [-0.15, -0.1) is 0 Å². The highest BCUT2D eigenvalue weighted by Crippen LogP contribution is 2.39. The SMILES string of the molecule is CCOC(=O)COc1c(Cl)cc(/C=C2\SC(=S)N(CC)C2=O)cc1OCC. The Kier molecular flexibility index (Phi) is 7.94. The van der Waals surface area contributed by atoms with Crippen molar-refractivity contribution in [2.24, 2.45) is 0 Å². The van der Waals surface area contributed by atoms with Crippen LogP contribution < -0.4 is 9.47 Å². The first-order valence-corrected chi connectivity index (χ1v) is 10.0. The molecule has 0 atom stereocenters.